The van der Waals surface area contributed by atoms with E-state index in [0.717, 1.165) is 85.6 Å². The summed E-state index contributed by atoms with van der Waals surface area (Å²) in [5.41, 5.74) is 9.31. The number of aromatic nitrogens is 4. The Bertz CT molecular complexity index is 2070. The van der Waals surface area contributed by atoms with Crippen LogP contribution in [0, 0.1) is 37.3 Å². The van der Waals surface area contributed by atoms with Crippen LogP contribution in [0.25, 0.3) is 0 Å². The standard InChI is InChI=1S/C23H29FN4O.C14H16FN3.C9H15NO2.ClH/c1-16-21-7-10-27(23(29)13-18-11-20(12-18)26-8-2-9-26)15-22(21)28(25-16)14-17-3-5-19(24)6-4-17;1-10-13-6-7-16-8-14(13)18(17-10)9-11-2-4-12(15)5-3-11;11-9(12)6-7-4-8(5-7)10-2-1-3-10;/h3-6,18,20H,2,7-15H2,1H3;2-5,16H,6-9H2,1H3;7-8H,1-6H2,(H,11,12);1H. The first-order valence-corrected chi connectivity index (χ1v) is 21.8. The van der Waals surface area contributed by atoms with Crippen LogP contribution < -0.4 is 5.32 Å². The average Bonchev–Trinajstić information content (AvgIpc) is 3.64. The summed E-state index contributed by atoms with van der Waals surface area (Å²) < 4.78 is 30.1. The lowest BCUT2D eigenvalue weighted by molar-refractivity contribution is -0.139. The molecular formula is C46H61ClF2N8O3. The second kappa shape index (κ2) is 19.7. The van der Waals surface area contributed by atoms with Crippen molar-refractivity contribution in [3.05, 3.63) is 105 Å². The smallest absolute Gasteiger partial charge is 0.303 e. The zero-order chi connectivity index (χ0) is 41.0. The van der Waals surface area contributed by atoms with E-state index in [9.17, 15) is 18.4 Å². The maximum atomic E-state index is 13.2. The number of aryl methyl sites for hydroxylation is 2. The minimum Gasteiger partial charge on any atom is -0.481 e. The van der Waals surface area contributed by atoms with Gasteiger partial charge in [-0.25, -0.2) is 8.78 Å². The molecule has 11 nitrogen and oxygen atoms in total. The highest BCUT2D eigenvalue weighted by molar-refractivity contribution is 5.85. The predicted molar refractivity (Wildman–Crippen MR) is 229 cm³/mol. The van der Waals surface area contributed by atoms with Gasteiger partial charge in [0.1, 0.15) is 11.6 Å². The maximum Gasteiger partial charge on any atom is 0.303 e. The van der Waals surface area contributed by atoms with E-state index in [1.54, 1.807) is 12.1 Å². The summed E-state index contributed by atoms with van der Waals surface area (Å²) >= 11 is 0. The fourth-order valence-electron chi connectivity index (χ4n) is 9.65. The number of carbonyl (C=O) groups excluding carboxylic acids is 1. The van der Waals surface area contributed by atoms with Crippen LogP contribution in [0.15, 0.2) is 48.5 Å². The highest BCUT2D eigenvalue weighted by atomic mass is 35.5. The summed E-state index contributed by atoms with van der Waals surface area (Å²) in [6.07, 6.45) is 10.3. The number of hydrogen-bond donors (Lipinski definition) is 2. The quantitative estimate of drug-likeness (QED) is 0.186. The molecule has 2 saturated carbocycles. The minimum atomic E-state index is -0.637. The third kappa shape index (κ3) is 10.5. The molecule has 1 amide bonds. The van der Waals surface area contributed by atoms with E-state index in [-0.39, 0.29) is 29.9 Å². The second-order valence-electron chi connectivity index (χ2n) is 17.6. The number of benzene rings is 2. The van der Waals surface area contributed by atoms with Crippen LogP contribution in [-0.2, 0) is 48.6 Å². The number of carbonyl (C=O) groups is 2. The van der Waals surface area contributed by atoms with E-state index >= 15 is 0 Å². The molecule has 4 aromatic rings. The van der Waals surface area contributed by atoms with Gasteiger partial charge in [0.25, 0.3) is 0 Å². The summed E-state index contributed by atoms with van der Waals surface area (Å²) in [5.74, 6) is 0.251. The molecule has 2 aliphatic carbocycles. The molecule has 2 N–H and O–H groups in total. The van der Waals surface area contributed by atoms with Gasteiger partial charge in [-0.3, -0.25) is 19.0 Å². The SMILES string of the molecule is Cc1nn(Cc2ccc(F)cc2)c2c1CCN(C(=O)CC1CC(N3CCC3)C1)C2.Cc1nn(Cc2ccc(F)cc2)c2c1CCNC2.Cl.O=C(O)CC1CC(N2CCC2)C1. The number of rotatable bonds is 10. The highest BCUT2D eigenvalue weighted by Gasteiger charge is 2.38. The normalized spacial score (nSPS) is 23.0. The van der Waals surface area contributed by atoms with Crippen molar-refractivity contribution in [2.45, 2.75) is 116 Å². The van der Waals surface area contributed by atoms with Gasteiger partial charge in [-0.05, 0) is 156 Å². The van der Waals surface area contributed by atoms with Crippen molar-refractivity contribution in [2.75, 3.05) is 39.3 Å². The fourth-order valence-corrected chi connectivity index (χ4v) is 9.65. The third-order valence-corrected chi connectivity index (χ3v) is 13.6. The van der Waals surface area contributed by atoms with E-state index < -0.39 is 5.97 Å². The summed E-state index contributed by atoms with van der Waals surface area (Å²) in [7, 11) is 0. The van der Waals surface area contributed by atoms with Gasteiger partial charge in [0.15, 0.2) is 0 Å². The van der Waals surface area contributed by atoms with Gasteiger partial charge in [0.05, 0.1) is 42.4 Å². The summed E-state index contributed by atoms with van der Waals surface area (Å²) in [5, 5.41) is 21.2. The molecule has 6 aliphatic rings. The molecule has 2 saturated heterocycles. The molecule has 60 heavy (non-hydrogen) atoms. The van der Waals surface area contributed by atoms with Gasteiger partial charge in [0, 0.05) is 38.0 Å². The van der Waals surface area contributed by atoms with Gasteiger partial charge in [-0.2, -0.15) is 10.2 Å². The molecule has 4 fully saturated rings. The van der Waals surface area contributed by atoms with Crippen molar-refractivity contribution >= 4 is 24.3 Å². The zero-order valence-electron chi connectivity index (χ0n) is 35.1. The van der Waals surface area contributed by atoms with Crippen LogP contribution in [0.5, 0.6) is 0 Å². The molecule has 2 aromatic heterocycles. The molecule has 6 heterocycles. The Labute approximate surface area is 358 Å². The Balaban J connectivity index is 0.000000149. The molecular weight excluding hydrogens is 786 g/mol. The van der Waals surface area contributed by atoms with Crippen molar-refractivity contribution in [3.8, 4) is 0 Å². The lowest BCUT2D eigenvalue weighted by atomic mass is 9.76. The van der Waals surface area contributed by atoms with Gasteiger partial charge in [-0.1, -0.05) is 24.3 Å². The number of carboxylic acids is 1. The third-order valence-electron chi connectivity index (χ3n) is 13.6. The zero-order valence-corrected chi connectivity index (χ0v) is 35.9. The first-order chi connectivity index (χ1) is 28.6. The van der Waals surface area contributed by atoms with E-state index in [4.69, 9.17) is 10.2 Å². The van der Waals surface area contributed by atoms with Crippen LogP contribution in [0.3, 0.4) is 0 Å². The van der Waals surface area contributed by atoms with Crippen molar-refractivity contribution in [1.29, 1.82) is 0 Å². The largest absolute Gasteiger partial charge is 0.481 e. The van der Waals surface area contributed by atoms with Gasteiger partial charge >= 0.3 is 5.97 Å². The Morgan fingerprint density at radius 2 is 1.18 bits per heavy atom. The monoisotopic (exact) mass is 846 g/mol. The van der Waals surface area contributed by atoms with Crippen molar-refractivity contribution < 1.29 is 23.5 Å². The van der Waals surface area contributed by atoms with E-state index in [1.807, 2.05) is 33.3 Å². The van der Waals surface area contributed by atoms with Crippen LogP contribution >= 0.6 is 12.4 Å². The number of nitrogens with one attached hydrogen (secondary N) is 1. The van der Waals surface area contributed by atoms with E-state index in [0.29, 0.717) is 44.3 Å². The van der Waals surface area contributed by atoms with E-state index in [1.165, 1.54) is 92.9 Å². The van der Waals surface area contributed by atoms with Crippen LogP contribution in [0.2, 0.25) is 0 Å². The molecule has 10 rings (SSSR count). The molecule has 324 valence electrons. The van der Waals surface area contributed by atoms with Crippen molar-refractivity contribution in [2.24, 2.45) is 11.8 Å². The Morgan fingerprint density at radius 3 is 1.67 bits per heavy atom. The van der Waals surface area contributed by atoms with Crippen molar-refractivity contribution in [3.63, 3.8) is 0 Å². The molecule has 0 spiro atoms. The van der Waals surface area contributed by atoms with Gasteiger partial charge < -0.3 is 25.1 Å². The Kier molecular flexibility index (Phi) is 14.4. The molecule has 0 radical (unpaired) electrons. The number of aliphatic carboxylic acids is 1. The Hall–Kier alpha value is -4.17. The molecule has 14 heteroatoms. The predicted octanol–water partition coefficient (Wildman–Crippen LogP) is 6.53. The maximum absolute atomic E-state index is 13.2. The number of amides is 1. The lowest BCUT2D eigenvalue weighted by Gasteiger charge is -2.47. The number of likely N-dealkylation sites (tertiary alicyclic amines) is 2. The van der Waals surface area contributed by atoms with Crippen LogP contribution in [0.4, 0.5) is 8.78 Å². The van der Waals surface area contributed by atoms with Crippen LogP contribution in [-0.4, -0.2) is 103 Å². The fraction of sp³-hybridized carbons (Fsp3) is 0.565. The average molecular weight is 847 g/mol. The topological polar surface area (TPSA) is 112 Å². The van der Waals surface area contributed by atoms with Crippen molar-refractivity contribution in [1.82, 2.24) is 39.6 Å². The molecule has 4 aliphatic heterocycles. The summed E-state index contributed by atoms with van der Waals surface area (Å²) in [6, 6.07) is 14.7. The van der Waals surface area contributed by atoms with E-state index in [2.05, 4.69) is 27.1 Å². The highest BCUT2D eigenvalue weighted by Crippen LogP contribution is 2.38. The molecule has 0 unspecified atom stereocenters. The Morgan fingerprint density at radius 1 is 0.700 bits per heavy atom. The first kappa shape index (κ1) is 43.9. The summed E-state index contributed by atoms with van der Waals surface area (Å²) in [6.45, 7) is 13.7. The first-order valence-electron chi connectivity index (χ1n) is 21.8. The van der Waals surface area contributed by atoms with Gasteiger partial charge in [-0.15, -0.1) is 12.4 Å². The number of carboxylic acid groups (broad SMARTS) is 1. The number of hydrogen-bond acceptors (Lipinski definition) is 7. The van der Waals surface area contributed by atoms with Gasteiger partial charge in [0.2, 0.25) is 5.91 Å². The second-order valence-corrected chi connectivity index (χ2v) is 17.6. The minimum absolute atomic E-state index is 0. The molecule has 0 bridgehead atoms. The van der Waals surface area contributed by atoms with Crippen LogP contribution in [0.1, 0.15) is 96.4 Å². The number of halogens is 3. The molecule has 2 aromatic carbocycles. The number of fused-ring (bicyclic) bond motifs is 2. The lowest BCUT2D eigenvalue weighted by Crippen LogP contribution is -2.52. The molecule has 0 atom stereocenters. The summed E-state index contributed by atoms with van der Waals surface area (Å²) in [4.78, 5) is 30.3. The number of nitrogens with zero attached hydrogens (tertiary/aromatic N) is 7.